The zero-order chi connectivity index (χ0) is 14.4. The lowest BCUT2D eigenvalue weighted by Gasteiger charge is -2.05. The Morgan fingerprint density at radius 1 is 1.20 bits per heavy atom. The molecule has 0 bridgehead atoms. The topological polar surface area (TPSA) is 68.3 Å². The molecule has 1 heterocycles. The van der Waals surface area contributed by atoms with Gasteiger partial charge >= 0.3 is 5.97 Å². The van der Waals surface area contributed by atoms with Crippen LogP contribution in [-0.2, 0) is 9.53 Å². The normalized spacial score (nSPS) is 10.2. The molecule has 0 spiro atoms. The molecule has 2 aromatic rings. The monoisotopic (exact) mass is 272 g/mol. The van der Waals surface area contributed by atoms with E-state index in [9.17, 15) is 9.59 Å². The van der Waals surface area contributed by atoms with Crippen molar-refractivity contribution < 1.29 is 14.3 Å². The Kier molecular flexibility index (Phi) is 4.65. The number of fused-ring (bicyclic) bond motifs is 1. The van der Waals surface area contributed by atoms with Crippen LogP contribution in [0.5, 0.6) is 0 Å². The maximum atomic E-state index is 11.8. The van der Waals surface area contributed by atoms with Crippen molar-refractivity contribution in [2.24, 2.45) is 0 Å². The van der Waals surface area contributed by atoms with Crippen LogP contribution in [0.1, 0.15) is 23.8 Å². The lowest BCUT2D eigenvalue weighted by atomic mass is 10.2. The molecule has 104 valence electrons. The molecule has 20 heavy (non-hydrogen) atoms. The summed E-state index contributed by atoms with van der Waals surface area (Å²) in [6.07, 6.45) is 0.839. The summed E-state index contributed by atoms with van der Waals surface area (Å²) in [5.41, 5.74) is 0.921. The number of rotatable bonds is 5. The van der Waals surface area contributed by atoms with E-state index in [4.69, 9.17) is 4.74 Å². The summed E-state index contributed by atoms with van der Waals surface area (Å²) < 4.78 is 4.92. The summed E-state index contributed by atoms with van der Waals surface area (Å²) in [6.45, 7) is 2.24. The largest absolute Gasteiger partial charge is 0.451 e. The van der Waals surface area contributed by atoms with Gasteiger partial charge in [-0.05, 0) is 18.6 Å². The fraction of sp³-hybridized carbons (Fsp3) is 0.267. The SMILES string of the molecule is CCCNC(=O)COC(=O)c1ccc2ccccc2n1. The summed E-state index contributed by atoms with van der Waals surface area (Å²) in [5, 5.41) is 3.58. The van der Waals surface area contributed by atoms with Crippen molar-refractivity contribution in [3.8, 4) is 0 Å². The van der Waals surface area contributed by atoms with E-state index in [0.29, 0.717) is 6.54 Å². The summed E-state index contributed by atoms with van der Waals surface area (Å²) in [5.74, 6) is -0.900. The molecule has 0 radical (unpaired) electrons. The molecule has 5 nitrogen and oxygen atoms in total. The van der Waals surface area contributed by atoms with Crippen molar-refractivity contribution in [3.05, 3.63) is 42.1 Å². The number of pyridine rings is 1. The molecule has 0 atom stereocenters. The van der Waals surface area contributed by atoms with E-state index in [2.05, 4.69) is 10.3 Å². The van der Waals surface area contributed by atoms with Crippen LogP contribution in [0.3, 0.4) is 0 Å². The number of benzene rings is 1. The molecule has 0 aliphatic rings. The number of nitrogens with one attached hydrogen (secondary N) is 1. The van der Waals surface area contributed by atoms with E-state index in [-0.39, 0.29) is 18.2 Å². The van der Waals surface area contributed by atoms with Crippen molar-refractivity contribution in [2.45, 2.75) is 13.3 Å². The molecule has 1 amide bonds. The second-order valence-corrected chi connectivity index (χ2v) is 4.32. The van der Waals surface area contributed by atoms with E-state index < -0.39 is 5.97 Å². The lowest BCUT2D eigenvalue weighted by molar-refractivity contribution is -0.124. The van der Waals surface area contributed by atoms with Crippen LogP contribution in [0, 0.1) is 0 Å². The highest BCUT2D eigenvalue weighted by atomic mass is 16.5. The van der Waals surface area contributed by atoms with Crippen LogP contribution < -0.4 is 5.32 Å². The average molecular weight is 272 g/mol. The van der Waals surface area contributed by atoms with E-state index >= 15 is 0 Å². The van der Waals surface area contributed by atoms with Crippen LogP contribution in [0.15, 0.2) is 36.4 Å². The molecule has 1 aromatic heterocycles. The fourth-order valence-corrected chi connectivity index (χ4v) is 1.70. The van der Waals surface area contributed by atoms with Gasteiger partial charge in [-0.3, -0.25) is 4.79 Å². The Hall–Kier alpha value is -2.43. The molecule has 0 aliphatic carbocycles. The highest BCUT2D eigenvalue weighted by Crippen LogP contribution is 2.12. The second-order valence-electron chi connectivity index (χ2n) is 4.32. The van der Waals surface area contributed by atoms with Gasteiger partial charge in [-0.15, -0.1) is 0 Å². The molecule has 2 rings (SSSR count). The first-order valence-electron chi connectivity index (χ1n) is 6.50. The molecule has 0 saturated heterocycles. The predicted octanol–water partition coefficient (Wildman–Crippen LogP) is 1.92. The van der Waals surface area contributed by atoms with E-state index in [1.165, 1.54) is 0 Å². The number of esters is 1. The van der Waals surface area contributed by atoms with Gasteiger partial charge < -0.3 is 10.1 Å². The summed E-state index contributed by atoms with van der Waals surface area (Å²) in [6, 6.07) is 10.9. The van der Waals surface area contributed by atoms with Gasteiger partial charge in [0.2, 0.25) is 0 Å². The lowest BCUT2D eigenvalue weighted by Crippen LogP contribution is -2.29. The molecule has 0 aliphatic heterocycles. The number of para-hydroxylation sites is 1. The van der Waals surface area contributed by atoms with Crippen LogP contribution in [0.25, 0.3) is 10.9 Å². The highest BCUT2D eigenvalue weighted by molar-refractivity contribution is 5.92. The number of amides is 1. The summed E-state index contributed by atoms with van der Waals surface area (Å²) >= 11 is 0. The van der Waals surface area contributed by atoms with E-state index in [0.717, 1.165) is 17.3 Å². The van der Waals surface area contributed by atoms with Crippen molar-refractivity contribution in [1.29, 1.82) is 0 Å². The zero-order valence-electron chi connectivity index (χ0n) is 11.3. The number of carbonyl (C=O) groups excluding carboxylic acids is 2. The van der Waals surface area contributed by atoms with Crippen LogP contribution in [0.4, 0.5) is 0 Å². The Morgan fingerprint density at radius 2 is 2.00 bits per heavy atom. The van der Waals surface area contributed by atoms with E-state index in [1.807, 2.05) is 31.2 Å². The molecular weight excluding hydrogens is 256 g/mol. The summed E-state index contributed by atoms with van der Waals surface area (Å²) in [7, 11) is 0. The number of hydrogen-bond acceptors (Lipinski definition) is 4. The van der Waals surface area contributed by atoms with Crippen molar-refractivity contribution >= 4 is 22.8 Å². The molecule has 0 unspecified atom stereocenters. The Balaban J connectivity index is 1.99. The van der Waals surface area contributed by atoms with Crippen LogP contribution >= 0.6 is 0 Å². The number of aromatic nitrogens is 1. The maximum Gasteiger partial charge on any atom is 0.357 e. The number of hydrogen-bond donors (Lipinski definition) is 1. The van der Waals surface area contributed by atoms with Crippen LogP contribution in [-0.4, -0.2) is 30.0 Å². The van der Waals surface area contributed by atoms with E-state index in [1.54, 1.807) is 12.1 Å². The Bertz CT molecular complexity index is 625. The molecule has 0 saturated carbocycles. The van der Waals surface area contributed by atoms with Gasteiger partial charge in [0.25, 0.3) is 5.91 Å². The molecule has 0 fully saturated rings. The third-order valence-corrected chi connectivity index (χ3v) is 2.71. The average Bonchev–Trinajstić information content (AvgIpc) is 2.50. The van der Waals surface area contributed by atoms with Crippen molar-refractivity contribution in [3.63, 3.8) is 0 Å². The van der Waals surface area contributed by atoms with Gasteiger partial charge in [-0.25, -0.2) is 9.78 Å². The molecule has 1 N–H and O–H groups in total. The highest BCUT2D eigenvalue weighted by Gasteiger charge is 2.11. The fourth-order valence-electron chi connectivity index (χ4n) is 1.70. The third-order valence-electron chi connectivity index (χ3n) is 2.71. The molecule has 5 heteroatoms. The van der Waals surface area contributed by atoms with Gasteiger partial charge in [0.15, 0.2) is 6.61 Å². The standard InChI is InChI=1S/C15H16N2O3/c1-2-9-16-14(18)10-20-15(19)13-8-7-11-5-3-4-6-12(11)17-13/h3-8H,2,9-10H2,1H3,(H,16,18). The van der Waals surface area contributed by atoms with Crippen molar-refractivity contribution in [2.75, 3.05) is 13.2 Å². The first-order chi connectivity index (χ1) is 9.70. The maximum absolute atomic E-state index is 11.8. The van der Waals surface area contributed by atoms with Gasteiger partial charge in [-0.2, -0.15) is 0 Å². The van der Waals surface area contributed by atoms with Gasteiger partial charge in [0.1, 0.15) is 5.69 Å². The number of ether oxygens (including phenoxy) is 1. The minimum absolute atomic E-state index is 0.201. The second kappa shape index (κ2) is 6.65. The quantitative estimate of drug-likeness (QED) is 0.844. The zero-order valence-corrected chi connectivity index (χ0v) is 11.3. The number of carbonyl (C=O) groups is 2. The molecular formula is C15H16N2O3. The minimum Gasteiger partial charge on any atom is -0.451 e. The third kappa shape index (κ3) is 3.54. The number of nitrogens with zero attached hydrogens (tertiary/aromatic N) is 1. The van der Waals surface area contributed by atoms with Gasteiger partial charge in [0.05, 0.1) is 5.52 Å². The summed E-state index contributed by atoms with van der Waals surface area (Å²) in [4.78, 5) is 27.4. The smallest absolute Gasteiger partial charge is 0.357 e. The first kappa shape index (κ1) is 14.0. The Labute approximate surface area is 117 Å². The predicted molar refractivity (Wildman–Crippen MR) is 75.3 cm³/mol. The van der Waals surface area contributed by atoms with Crippen LogP contribution in [0.2, 0.25) is 0 Å². The van der Waals surface area contributed by atoms with Crippen molar-refractivity contribution in [1.82, 2.24) is 10.3 Å². The minimum atomic E-state index is -0.595. The van der Waals surface area contributed by atoms with Gasteiger partial charge in [-0.1, -0.05) is 31.2 Å². The molecule has 1 aromatic carbocycles. The Morgan fingerprint density at radius 3 is 2.80 bits per heavy atom. The first-order valence-corrected chi connectivity index (χ1v) is 6.50. The van der Waals surface area contributed by atoms with Gasteiger partial charge in [0, 0.05) is 11.9 Å².